The molecule has 0 fully saturated rings. The lowest BCUT2D eigenvalue weighted by Gasteiger charge is -1.93. The van der Waals surface area contributed by atoms with Crippen molar-refractivity contribution in [3.05, 3.63) is 25.3 Å². The second kappa shape index (κ2) is 10.4. The normalized spacial score (nSPS) is 10.6. The molecule has 0 radical (unpaired) electrons. The topological polar surface area (TPSA) is 20.2 Å². The van der Waals surface area contributed by atoms with Crippen LogP contribution >= 0.6 is 0 Å². The first kappa shape index (κ1) is 11.3. The number of allylic oxidation sites excluding steroid dienone is 1. The van der Waals surface area contributed by atoms with E-state index >= 15 is 0 Å². The van der Waals surface area contributed by atoms with Gasteiger partial charge in [0.25, 0.3) is 0 Å². The van der Waals surface area contributed by atoms with Gasteiger partial charge >= 0.3 is 0 Å². The van der Waals surface area contributed by atoms with E-state index in [1.807, 2.05) is 13.8 Å². The van der Waals surface area contributed by atoms with Gasteiger partial charge in [-0.15, -0.1) is 13.2 Å². The van der Waals surface area contributed by atoms with Crippen molar-refractivity contribution in [3.8, 4) is 0 Å². The van der Waals surface area contributed by atoms with Gasteiger partial charge in [-0.05, 0) is 12.8 Å². The highest BCUT2D eigenvalue weighted by Crippen LogP contribution is 1.89. The van der Waals surface area contributed by atoms with Crippen LogP contribution in [0.5, 0.6) is 0 Å². The molecule has 0 aliphatic carbocycles. The largest absolute Gasteiger partial charge is 0.396 e. The Bertz CT molecular complexity index is 67.0. The molecule has 0 aliphatic rings. The Balaban J connectivity index is 0. The molecular formula is C8H16O. The summed E-state index contributed by atoms with van der Waals surface area (Å²) in [5.41, 5.74) is 0. The third-order valence-electron chi connectivity index (χ3n) is 0.690. The maximum absolute atomic E-state index is 8.26. The van der Waals surface area contributed by atoms with Gasteiger partial charge in [0.1, 0.15) is 0 Å². The van der Waals surface area contributed by atoms with Crippen molar-refractivity contribution in [2.75, 3.05) is 6.61 Å². The highest BCUT2D eigenvalue weighted by Gasteiger charge is 1.85. The lowest BCUT2D eigenvalue weighted by molar-refractivity contribution is 0.262. The molecule has 0 spiro atoms. The molecule has 0 aromatic carbocycles. The maximum atomic E-state index is 8.26. The Morgan fingerprint density at radius 3 is 1.89 bits per heavy atom. The van der Waals surface area contributed by atoms with Crippen LogP contribution in [0.1, 0.15) is 13.8 Å². The average Bonchev–Trinajstić information content (AvgIpc) is 1.88. The first-order valence-corrected chi connectivity index (χ1v) is 3.03. The molecule has 0 heterocycles. The van der Waals surface area contributed by atoms with Crippen LogP contribution in [-0.4, -0.2) is 11.7 Å². The van der Waals surface area contributed by atoms with Crippen molar-refractivity contribution in [3.63, 3.8) is 0 Å². The van der Waals surface area contributed by atoms with Crippen LogP contribution in [0.4, 0.5) is 0 Å². The van der Waals surface area contributed by atoms with E-state index in [1.165, 1.54) is 0 Å². The molecule has 0 amide bonds. The number of hydrogen-bond acceptors (Lipinski definition) is 1. The molecule has 0 aromatic rings. The van der Waals surface area contributed by atoms with Crippen molar-refractivity contribution >= 4 is 0 Å². The molecule has 0 aromatic heterocycles. The van der Waals surface area contributed by atoms with Gasteiger partial charge in [-0.25, -0.2) is 0 Å². The fourth-order valence-electron chi connectivity index (χ4n) is 0.0745. The van der Waals surface area contributed by atoms with Crippen LogP contribution in [0.15, 0.2) is 25.3 Å². The highest BCUT2D eigenvalue weighted by molar-refractivity contribution is 4.72. The molecule has 9 heavy (non-hydrogen) atoms. The fraction of sp³-hybridized carbons (Fsp3) is 0.500. The number of aliphatic hydroxyl groups excluding tert-OH is 1. The van der Waals surface area contributed by atoms with Gasteiger partial charge in [-0.1, -0.05) is 19.1 Å². The summed E-state index contributed by atoms with van der Waals surface area (Å²) in [4.78, 5) is 0. The second-order valence-electron chi connectivity index (χ2n) is 1.80. The Hall–Kier alpha value is -0.560. The zero-order valence-electron chi connectivity index (χ0n) is 6.30. The van der Waals surface area contributed by atoms with E-state index in [2.05, 4.69) is 13.2 Å². The van der Waals surface area contributed by atoms with E-state index in [0.717, 1.165) is 0 Å². The lowest BCUT2D eigenvalue weighted by Crippen LogP contribution is -1.93. The summed E-state index contributed by atoms with van der Waals surface area (Å²) in [6.07, 6.45) is 3.47. The third kappa shape index (κ3) is 18.6. The van der Waals surface area contributed by atoms with Crippen LogP contribution < -0.4 is 0 Å². The maximum Gasteiger partial charge on any atom is 0.0491 e. The predicted molar refractivity (Wildman–Crippen MR) is 42.3 cm³/mol. The van der Waals surface area contributed by atoms with Crippen molar-refractivity contribution in [1.82, 2.24) is 0 Å². The quantitative estimate of drug-likeness (QED) is 0.564. The van der Waals surface area contributed by atoms with Crippen LogP contribution in [-0.2, 0) is 0 Å². The third-order valence-corrected chi connectivity index (χ3v) is 0.690. The van der Waals surface area contributed by atoms with E-state index < -0.39 is 0 Å². The molecule has 1 heteroatoms. The molecule has 1 atom stereocenters. The first-order valence-electron chi connectivity index (χ1n) is 3.03. The van der Waals surface area contributed by atoms with Crippen LogP contribution in [0.25, 0.3) is 0 Å². The van der Waals surface area contributed by atoms with Gasteiger partial charge in [0.15, 0.2) is 0 Å². The summed E-state index contributed by atoms with van der Waals surface area (Å²) in [7, 11) is 0. The van der Waals surface area contributed by atoms with Gasteiger partial charge in [-0.2, -0.15) is 0 Å². The molecule has 0 saturated heterocycles. The minimum atomic E-state index is 0.212. The molecule has 1 unspecified atom stereocenters. The first-order chi connectivity index (χ1) is 4.22. The molecule has 0 rings (SSSR count). The van der Waals surface area contributed by atoms with Crippen LogP contribution in [0.2, 0.25) is 0 Å². The van der Waals surface area contributed by atoms with Crippen LogP contribution in [0, 0.1) is 5.92 Å². The summed E-state index contributed by atoms with van der Waals surface area (Å²) < 4.78 is 0. The van der Waals surface area contributed by atoms with Crippen molar-refractivity contribution < 1.29 is 5.11 Å². The highest BCUT2D eigenvalue weighted by atomic mass is 16.3. The Kier molecular flexibility index (Phi) is 13.1. The van der Waals surface area contributed by atoms with E-state index in [9.17, 15) is 0 Å². The average molecular weight is 128 g/mol. The van der Waals surface area contributed by atoms with Gasteiger partial charge in [0.05, 0.1) is 0 Å². The zero-order chi connectivity index (χ0) is 7.70. The van der Waals surface area contributed by atoms with E-state index in [1.54, 1.807) is 12.2 Å². The minimum Gasteiger partial charge on any atom is -0.396 e. The summed E-state index contributed by atoms with van der Waals surface area (Å²) in [6, 6.07) is 0. The summed E-state index contributed by atoms with van der Waals surface area (Å²) in [5.74, 6) is 0.255. The summed E-state index contributed by atoms with van der Waals surface area (Å²) in [5, 5.41) is 8.26. The number of hydrogen-bond donors (Lipinski definition) is 1. The van der Waals surface area contributed by atoms with Crippen molar-refractivity contribution in [2.45, 2.75) is 13.8 Å². The molecule has 0 bridgehead atoms. The van der Waals surface area contributed by atoms with Crippen LogP contribution in [0.3, 0.4) is 0 Å². The van der Waals surface area contributed by atoms with Crippen molar-refractivity contribution in [2.24, 2.45) is 5.92 Å². The molecule has 54 valence electrons. The van der Waals surface area contributed by atoms with Gasteiger partial charge in [0.2, 0.25) is 0 Å². The lowest BCUT2D eigenvalue weighted by atomic mass is 10.2. The fourth-order valence-corrected chi connectivity index (χ4v) is 0.0745. The Labute approximate surface area is 57.7 Å². The summed E-state index contributed by atoms with van der Waals surface area (Å²) in [6.45, 7) is 10.8. The molecule has 1 nitrogen and oxygen atoms in total. The number of rotatable bonds is 2. The van der Waals surface area contributed by atoms with E-state index in [0.29, 0.717) is 0 Å². The van der Waals surface area contributed by atoms with E-state index in [4.69, 9.17) is 5.11 Å². The zero-order valence-corrected chi connectivity index (χ0v) is 6.30. The van der Waals surface area contributed by atoms with Gasteiger partial charge < -0.3 is 5.11 Å². The monoisotopic (exact) mass is 128 g/mol. The number of aliphatic hydroxyl groups is 1. The SMILES string of the molecule is C=CC.C=CC(C)CO. The molecule has 0 saturated carbocycles. The minimum absolute atomic E-state index is 0.212. The smallest absolute Gasteiger partial charge is 0.0491 e. The van der Waals surface area contributed by atoms with Gasteiger partial charge in [-0.3, -0.25) is 0 Å². The van der Waals surface area contributed by atoms with Gasteiger partial charge in [0, 0.05) is 6.61 Å². The predicted octanol–water partition coefficient (Wildman–Crippen LogP) is 1.99. The molecule has 0 aliphatic heterocycles. The second-order valence-corrected chi connectivity index (χ2v) is 1.80. The van der Waals surface area contributed by atoms with E-state index in [-0.39, 0.29) is 12.5 Å². The standard InChI is InChI=1S/C5H10O.C3H6/c1-3-5(2)4-6;1-3-2/h3,5-6H,1,4H2,2H3;3H,1H2,2H3. The van der Waals surface area contributed by atoms with Crippen molar-refractivity contribution in [1.29, 1.82) is 0 Å². The molecule has 1 N–H and O–H groups in total. The Morgan fingerprint density at radius 1 is 1.56 bits per heavy atom. The Morgan fingerprint density at radius 2 is 1.89 bits per heavy atom. The molecular weight excluding hydrogens is 112 g/mol. The summed E-state index contributed by atoms with van der Waals surface area (Å²) >= 11 is 0.